The zero-order chi connectivity index (χ0) is 13.7. The van der Waals surface area contributed by atoms with Gasteiger partial charge in [-0.2, -0.15) is 0 Å². The minimum absolute atomic E-state index is 0.0617. The lowest BCUT2D eigenvalue weighted by atomic mass is 9.86. The predicted molar refractivity (Wildman–Crippen MR) is 76.1 cm³/mol. The first kappa shape index (κ1) is 14.8. The first-order chi connectivity index (χ1) is 9.17. The van der Waals surface area contributed by atoms with Crippen LogP contribution in [0.1, 0.15) is 58.8 Å². The molecule has 2 fully saturated rings. The van der Waals surface area contributed by atoms with Crippen LogP contribution in [0.5, 0.6) is 0 Å². The van der Waals surface area contributed by atoms with Gasteiger partial charge in [-0.15, -0.1) is 0 Å². The molecule has 4 heteroatoms. The fourth-order valence-corrected chi connectivity index (χ4v) is 2.86. The van der Waals surface area contributed by atoms with Crippen molar-refractivity contribution in [3.8, 4) is 0 Å². The molecule has 1 amide bonds. The van der Waals surface area contributed by atoms with Gasteiger partial charge in [-0.3, -0.25) is 4.79 Å². The lowest BCUT2D eigenvalue weighted by Crippen LogP contribution is -2.47. The first-order valence-corrected chi connectivity index (χ1v) is 7.84. The van der Waals surface area contributed by atoms with E-state index in [0.29, 0.717) is 18.5 Å². The zero-order valence-corrected chi connectivity index (χ0v) is 12.3. The van der Waals surface area contributed by atoms with E-state index in [0.717, 1.165) is 51.7 Å². The summed E-state index contributed by atoms with van der Waals surface area (Å²) in [5.41, 5.74) is 0.0617. The Balaban J connectivity index is 1.65. The van der Waals surface area contributed by atoms with Crippen molar-refractivity contribution in [1.29, 1.82) is 0 Å². The highest BCUT2D eigenvalue weighted by Gasteiger charge is 2.34. The fourth-order valence-electron chi connectivity index (χ4n) is 2.86. The van der Waals surface area contributed by atoms with Gasteiger partial charge in [-0.25, -0.2) is 0 Å². The van der Waals surface area contributed by atoms with Gasteiger partial charge in [0.25, 0.3) is 0 Å². The molecular weight excluding hydrogens is 240 g/mol. The van der Waals surface area contributed by atoms with Crippen molar-refractivity contribution in [3.05, 3.63) is 0 Å². The van der Waals surface area contributed by atoms with Gasteiger partial charge in [0.2, 0.25) is 5.91 Å². The Morgan fingerprint density at radius 3 is 2.58 bits per heavy atom. The molecule has 0 aromatic carbocycles. The van der Waals surface area contributed by atoms with Crippen molar-refractivity contribution in [1.82, 2.24) is 10.6 Å². The van der Waals surface area contributed by atoms with Crippen LogP contribution in [-0.2, 0) is 9.53 Å². The Kier molecular flexibility index (Phi) is 5.22. The number of amides is 1. The van der Waals surface area contributed by atoms with E-state index in [1.807, 2.05) is 0 Å². The third-order valence-electron chi connectivity index (χ3n) is 4.51. The molecule has 1 saturated carbocycles. The van der Waals surface area contributed by atoms with Crippen LogP contribution in [0.25, 0.3) is 0 Å². The molecule has 1 atom stereocenters. The monoisotopic (exact) mass is 268 g/mol. The van der Waals surface area contributed by atoms with Gasteiger partial charge in [0.05, 0.1) is 5.60 Å². The average Bonchev–Trinajstić information content (AvgIpc) is 3.23. The van der Waals surface area contributed by atoms with Crippen molar-refractivity contribution in [2.45, 2.75) is 76.5 Å². The Morgan fingerprint density at radius 1 is 1.21 bits per heavy atom. The van der Waals surface area contributed by atoms with Gasteiger partial charge in [0.1, 0.15) is 0 Å². The standard InChI is InChI=1S/C15H28N2O2/c1-3-15(4-2)11-13(8-10-19-15)16-9-7-14(18)17-12-5-6-12/h12-13,16H,3-11H2,1-2H3,(H,17,18). The molecule has 1 aliphatic heterocycles. The maximum absolute atomic E-state index is 11.6. The topological polar surface area (TPSA) is 50.4 Å². The third-order valence-corrected chi connectivity index (χ3v) is 4.51. The molecule has 1 unspecified atom stereocenters. The summed E-state index contributed by atoms with van der Waals surface area (Å²) in [5.74, 6) is 0.194. The van der Waals surface area contributed by atoms with Crippen molar-refractivity contribution < 1.29 is 9.53 Å². The highest BCUT2D eigenvalue weighted by molar-refractivity contribution is 5.76. The molecule has 0 spiro atoms. The highest BCUT2D eigenvalue weighted by atomic mass is 16.5. The minimum Gasteiger partial charge on any atom is -0.375 e. The minimum atomic E-state index is 0.0617. The smallest absolute Gasteiger partial charge is 0.221 e. The van der Waals surface area contributed by atoms with E-state index >= 15 is 0 Å². The second-order valence-electron chi connectivity index (χ2n) is 5.97. The largest absolute Gasteiger partial charge is 0.375 e. The number of carbonyl (C=O) groups is 1. The van der Waals surface area contributed by atoms with Gasteiger partial charge < -0.3 is 15.4 Å². The fraction of sp³-hybridized carbons (Fsp3) is 0.933. The van der Waals surface area contributed by atoms with E-state index in [1.165, 1.54) is 0 Å². The summed E-state index contributed by atoms with van der Waals surface area (Å²) in [4.78, 5) is 11.6. The van der Waals surface area contributed by atoms with Gasteiger partial charge in [0.15, 0.2) is 0 Å². The molecule has 1 saturated heterocycles. The molecular formula is C15H28N2O2. The number of hydrogen-bond donors (Lipinski definition) is 2. The molecule has 2 aliphatic rings. The lowest BCUT2D eigenvalue weighted by molar-refractivity contribution is -0.121. The Bertz CT molecular complexity index is 299. The van der Waals surface area contributed by atoms with E-state index < -0.39 is 0 Å². The second-order valence-corrected chi connectivity index (χ2v) is 5.97. The van der Waals surface area contributed by atoms with Crippen LogP contribution < -0.4 is 10.6 Å². The van der Waals surface area contributed by atoms with E-state index in [4.69, 9.17) is 4.74 Å². The molecule has 0 bridgehead atoms. The Morgan fingerprint density at radius 2 is 1.95 bits per heavy atom. The number of rotatable bonds is 7. The summed E-state index contributed by atoms with van der Waals surface area (Å²) in [6.07, 6.45) is 7.20. The molecule has 2 rings (SSSR count). The normalized spacial score (nSPS) is 26.1. The van der Waals surface area contributed by atoms with Crippen molar-refractivity contribution in [3.63, 3.8) is 0 Å². The van der Waals surface area contributed by atoms with Crippen LogP contribution >= 0.6 is 0 Å². The van der Waals surface area contributed by atoms with Crippen LogP contribution in [0, 0.1) is 0 Å². The van der Waals surface area contributed by atoms with E-state index in [9.17, 15) is 4.79 Å². The molecule has 0 aromatic heterocycles. The summed E-state index contributed by atoms with van der Waals surface area (Å²) >= 11 is 0. The molecule has 0 aromatic rings. The van der Waals surface area contributed by atoms with Crippen LogP contribution in [0.2, 0.25) is 0 Å². The average molecular weight is 268 g/mol. The molecule has 1 heterocycles. The Labute approximate surface area is 116 Å². The lowest BCUT2D eigenvalue weighted by Gasteiger charge is -2.40. The maximum atomic E-state index is 11.6. The van der Waals surface area contributed by atoms with Crippen LogP contribution in [0.3, 0.4) is 0 Å². The van der Waals surface area contributed by atoms with Gasteiger partial charge in [0, 0.05) is 31.7 Å². The summed E-state index contributed by atoms with van der Waals surface area (Å²) in [6.45, 7) is 6.03. The molecule has 0 radical (unpaired) electrons. The summed E-state index contributed by atoms with van der Waals surface area (Å²) in [6, 6.07) is 0.978. The van der Waals surface area contributed by atoms with E-state index in [-0.39, 0.29) is 11.5 Å². The Hall–Kier alpha value is -0.610. The van der Waals surface area contributed by atoms with E-state index in [1.54, 1.807) is 0 Å². The summed E-state index contributed by atoms with van der Waals surface area (Å²) < 4.78 is 5.96. The molecule has 19 heavy (non-hydrogen) atoms. The third kappa shape index (κ3) is 4.46. The molecule has 1 aliphatic carbocycles. The van der Waals surface area contributed by atoms with Crippen LogP contribution in [-0.4, -0.2) is 36.7 Å². The number of ether oxygens (including phenoxy) is 1. The highest BCUT2D eigenvalue weighted by Crippen LogP contribution is 2.31. The number of nitrogens with one attached hydrogen (secondary N) is 2. The van der Waals surface area contributed by atoms with Gasteiger partial charge in [-0.1, -0.05) is 13.8 Å². The van der Waals surface area contributed by atoms with Crippen molar-refractivity contribution in [2.24, 2.45) is 0 Å². The van der Waals surface area contributed by atoms with Gasteiger partial charge >= 0.3 is 0 Å². The number of hydrogen-bond acceptors (Lipinski definition) is 3. The maximum Gasteiger partial charge on any atom is 0.221 e. The van der Waals surface area contributed by atoms with Crippen molar-refractivity contribution in [2.75, 3.05) is 13.2 Å². The van der Waals surface area contributed by atoms with Crippen LogP contribution in [0.4, 0.5) is 0 Å². The van der Waals surface area contributed by atoms with Gasteiger partial charge in [-0.05, 0) is 38.5 Å². The van der Waals surface area contributed by atoms with Crippen molar-refractivity contribution >= 4 is 5.91 Å². The van der Waals surface area contributed by atoms with E-state index in [2.05, 4.69) is 24.5 Å². The molecule has 4 nitrogen and oxygen atoms in total. The quantitative estimate of drug-likeness (QED) is 0.742. The summed E-state index contributed by atoms with van der Waals surface area (Å²) in [7, 11) is 0. The number of carbonyl (C=O) groups excluding carboxylic acids is 1. The molecule has 2 N–H and O–H groups in total. The second kappa shape index (κ2) is 6.71. The SMILES string of the molecule is CCC1(CC)CC(NCCC(=O)NC2CC2)CCO1. The first-order valence-electron chi connectivity index (χ1n) is 7.84. The van der Waals surface area contributed by atoms with Crippen LogP contribution in [0.15, 0.2) is 0 Å². The molecule has 110 valence electrons. The summed E-state index contributed by atoms with van der Waals surface area (Å²) in [5, 5.41) is 6.56. The predicted octanol–water partition coefficient (Wildman–Crippen LogP) is 1.98. The zero-order valence-electron chi connectivity index (χ0n) is 12.3.